The van der Waals surface area contributed by atoms with Crippen LogP contribution in [0.2, 0.25) is 5.02 Å². The van der Waals surface area contributed by atoms with Crippen molar-refractivity contribution in [1.82, 2.24) is 9.88 Å². The number of nitrogens with one attached hydrogen (secondary N) is 1. The standard InChI is InChI=1S/C24H19ClFN3O2S/c1-24(23(31)27-13-15-2-4-17(25)5-3-15)14-28-20(12-16-10-11-32-22(16)28)21(30)29(24)19-8-6-18(26)7-9-19/h2-12H,13-14H2,1H3,(H,27,31). The van der Waals surface area contributed by atoms with Gasteiger partial charge < -0.3 is 9.88 Å². The summed E-state index contributed by atoms with van der Waals surface area (Å²) in [6, 6.07) is 16.6. The average molecular weight is 468 g/mol. The number of fused-ring (bicyclic) bond motifs is 3. The summed E-state index contributed by atoms with van der Waals surface area (Å²) < 4.78 is 15.5. The van der Waals surface area contributed by atoms with Crippen molar-refractivity contribution in [3.05, 3.63) is 88.1 Å². The van der Waals surface area contributed by atoms with Crippen LogP contribution in [0.4, 0.5) is 10.1 Å². The van der Waals surface area contributed by atoms with Gasteiger partial charge in [-0.3, -0.25) is 14.5 Å². The van der Waals surface area contributed by atoms with Gasteiger partial charge in [-0.25, -0.2) is 4.39 Å². The Labute approximate surface area is 193 Å². The van der Waals surface area contributed by atoms with Crippen LogP contribution in [0.1, 0.15) is 23.0 Å². The normalized spacial score (nSPS) is 18.1. The second-order valence-electron chi connectivity index (χ2n) is 8.00. The maximum absolute atomic E-state index is 13.6. The van der Waals surface area contributed by atoms with E-state index in [0.717, 1.165) is 15.8 Å². The number of carbonyl (C=O) groups is 2. The average Bonchev–Trinajstić information content (AvgIpc) is 3.37. The van der Waals surface area contributed by atoms with Crippen LogP contribution in [0.5, 0.6) is 0 Å². The molecule has 0 radical (unpaired) electrons. The van der Waals surface area contributed by atoms with E-state index < -0.39 is 11.4 Å². The molecular formula is C24H19ClFN3O2S. The van der Waals surface area contributed by atoms with Gasteiger partial charge in [-0.1, -0.05) is 23.7 Å². The van der Waals surface area contributed by atoms with Crippen LogP contribution in [0.3, 0.4) is 0 Å². The Kier molecular flexibility index (Phi) is 5.03. The third kappa shape index (κ3) is 3.38. The number of hydrogen-bond acceptors (Lipinski definition) is 3. The lowest BCUT2D eigenvalue weighted by Crippen LogP contribution is -2.64. The zero-order valence-electron chi connectivity index (χ0n) is 17.1. The molecule has 0 bridgehead atoms. The van der Waals surface area contributed by atoms with Crippen LogP contribution in [-0.4, -0.2) is 21.9 Å². The minimum atomic E-state index is -1.22. The Morgan fingerprint density at radius 2 is 1.88 bits per heavy atom. The summed E-state index contributed by atoms with van der Waals surface area (Å²) in [5.74, 6) is -0.999. The number of anilines is 1. The van der Waals surface area contributed by atoms with Crippen molar-refractivity contribution in [3.63, 3.8) is 0 Å². The maximum atomic E-state index is 13.6. The van der Waals surface area contributed by atoms with Gasteiger partial charge in [-0.15, -0.1) is 11.3 Å². The number of benzene rings is 2. The van der Waals surface area contributed by atoms with Crippen LogP contribution >= 0.6 is 22.9 Å². The first-order chi connectivity index (χ1) is 15.4. The monoisotopic (exact) mass is 467 g/mol. The lowest BCUT2D eigenvalue weighted by atomic mass is 9.93. The van der Waals surface area contributed by atoms with Crippen molar-refractivity contribution in [2.75, 3.05) is 4.90 Å². The van der Waals surface area contributed by atoms with Gasteiger partial charge in [-0.2, -0.15) is 0 Å². The highest BCUT2D eigenvalue weighted by atomic mass is 35.5. The Morgan fingerprint density at radius 1 is 1.16 bits per heavy atom. The van der Waals surface area contributed by atoms with E-state index in [-0.39, 0.29) is 18.4 Å². The molecule has 0 fully saturated rings. The number of carbonyl (C=O) groups excluding carboxylic acids is 2. The summed E-state index contributed by atoms with van der Waals surface area (Å²) in [6.45, 7) is 2.32. The molecule has 5 rings (SSSR count). The molecule has 1 aliphatic heterocycles. The van der Waals surface area contributed by atoms with Gasteiger partial charge in [0.05, 0.1) is 6.54 Å². The van der Waals surface area contributed by atoms with E-state index in [0.29, 0.717) is 22.9 Å². The Bertz CT molecular complexity index is 1330. The van der Waals surface area contributed by atoms with Crippen molar-refractivity contribution in [3.8, 4) is 0 Å². The molecule has 4 aromatic rings. The molecule has 1 unspecified atom stereocenters. The van der Waals surface area contributed by atoms with Gasteiger partial charge in [-0.05, 0) is 66.4 Å². The van der Waals surface area contributed by atoms with Crippen LogP contribution < -0.4 is 10.2 Å². The van der Waals surface area contributed by atoms with E-state index in [9.17, 15) is 14.0 Å². The third-order valence-corrected chi connectivity index (χ3v) is 7.03. The van der Waals surface area contributed by atoms with E-state index in [1.54, 1.807) is 19.1 Å². The van der Waals surface area contributed by atoms with Crippen LogP contribution in [0.15, 0.2) is 66.0 Å². The highest BCUT2D eigenvalue weighted by molar-refractivity contribution is 7.16. The van der Waals surface area contributed by atoms with Gasteiger partial charge in [0.1, 0.15) is 21.9 Å². The number of rotatable bonds is 4. The highest BCUT2D eigenvalue weighted by Crippen LogP contribution is 2.37. The molecule has 3 heterocycles. The first-order valence-electron chi connectivity index (χ1n) is 10.1. The molecule has 5 nitrogen and oxygen atoms in total. The Hall–Kier alpha value is -3.16. The number of amides is 2. The maximum Gasteiger partial charge on any atom is 0.275 e. The fourth-order valence-corrected chi connectivity index (χ4v) is 5.19. The summed E-state index contributed by atoms with van der Waals surface area (Å²) in [7, 11) is 0. The van der Waals surface area contributed by atoms with E-state index >= 15 is 0 Å². The topological polar surface area (TPSA) is 54.3 Å². The number of halogens is 2. The molecule has 0 aliphatic carbocycles. The van der Waals surface area contributed by atoms with E-state index in [4.69, 9.17) is 11.6 Å². The van der Waals surface area contributed by atoms with Crippen LogP contribution in [0.25, 0.3) is 10.2 Å². The first kappa shape index (κ1) is 20.7. The van der Waals surface area contributed by atoms with Crippen molar-refractivity contribution >= 4 is 50.7 Å². The predicted octanol–water partition coefficient (Wildman–Crippen LogP) is 5.23. The smallest absolute Gasteiger partial charge is 0.275 e. The van der Waals surface area contributed by atoms with Gasteiger partial charge in [0.25, 0.3) is 5.91 Å². The number of thiophene rings is 1. The molecule has 2 aromatic carbocycles. The summed E-state index contributed by atoms with van der Waals surface area (Å²) in [5, 5.41) is 6.51. The SMILES string of the molecule is CC1(C(=O)NCc2ccc(Cl)cc2)Cn2c(cc3ccsc32)C(=O)N1c1ccc(F)cc1. The fraction of sp³-hybridized carbons (Fsp3) is 0.167. The predicted molar refractivity (Wildman–Crippen MR) is 125 cm³/mol. The minimum absolute atomic E-state index is 0.280. The third-order valence-electron chi connectivity index (χ3n) is 5.82. The second-order valence-corrected chi connectivity index (χ2v) is 9.33. The molecule has 2 aromatic heterocycles. The minimum Gasteiger partial charge on any atom is -0.350 e. The van der Waals surface area contributed by atoms with E-state index in [1.807, 2.05) is 34.2 Å². The van der Waals surface area contributed by atoms with Crippen LogP contribution in [0, 0.1) is 5.82 Å². The summed E-state index contributed by atoms with van der Waals surface area (Å²) in [6.07, 6.45) is 0. The quantitative estimate of drug-likeness (QED) is 0.446. The number of aromatic nitrogens is 1. The molecule has 1 aliphatic rings. The molecular weight excluding hydrogens is 449 g/mol. The van der Waals surface area contributed by atoms with E-state index in [2.05, 4.69) is 5.32 Å². The summed E-state index contributed by atoms with van der Waals surface area (Å²) in [4.78, 5) is 29.6. The fourth-order valence-electron chi connectivity index (χ4n) is 4.17. The lowest BCUT2D eigenvalue weighted by Gasteiger charge is -2.44. The molecule has 1 atom stereocenters. The molecule has 2 amide bonds. The molecule has 162 valence electrons. The largest absolute Gasteiger partial charge is 0.350 e. The Balaban J connectivity index is 1.55. The summed E-state index contributed by atoms with van der Waals surface area (Å²) >= 11 is 7.48. The molecule has 0 saturated carbocycles. The highest BCUT2D eigenvalue weighted by Gasteiger charge is 2.48. The number of nitrogens with zero attached hydrogens (tertiary/aromatic N) is 2. The first-order valence-corrected chi connectivity index (χ1v) is 11.3. The molecule has 0 saturated heterocycles. The second kappa shape index (κ2) is 7.76. The van der Waals surface area contributed by atoms with Crippen molar-refractivity contribution in [2.24, 2.45) is 0 Å². The Morgan fingerprint density at radius 3 is 2.59 bits per heavy atom. The van der Waals surface area contributed by atoms with Gasteiger partial charge in [0.2, 0.25) is 5.91 Å². The van der Waals surface area contributed by atoms with Crippen LogP contribution in [-0.2, 0) is 17.9 Å². The molecule has 32 heavy (non-hydrogen) atoms. The van der Waals surface area contributed by atoms with Crippen molar-refractivity contribution in [1.29, 1.82) is 0 Å². The van der Waals surface area contributed by atoms with Gasteiger partial charge >= 0.3 is 0 Å². The molecule has 8 heteroatoms. The molecule has 1 N–H and O–H groups in total. The van der Waals surface area contributed by atoms with E-state index in [1.165, 1.54) is 40.5 Å². The summed E-state index contributed by atoms with van der Waals surface area (Å²) in [5.41, 5.74) is 0.657. The zero-order chi connectivity index (χ0) is 22.5. The van der Waals surface area contributed by atoms with Gasteiger partial charge in [0.15, 0.2) is 0 Å². The van der Waals surface area contributed by atoms with Crippen molar-refractivity contribution < 1.29 is 14.0 Å². The van der Waals surface area contributed by atoms with Crippen molar-refractivity contribution in [2.45, 2.75) is 25.6 Å². The number of hydrogen-bond donors (Lipinski definition) is 1. The lowest BCUT2D eigenvalue weighted by molar-refractivity contribution is -0.126. The molecule has 0 spiro atoms. The zero-order valence-corrected chi connectivity index (χ0v) is 18.7. The van der Waals surface area contributed by atoms with Gasteiger partial charge in [0, 0.05) is 22.6 Å².